The lowest BCUT2D eigenvalue weighted by atomic mass is 9.88. The third-order valence-electron chi connectivity index (χ3n) is 5.98. The summed E-state index contributed by atoms with van der Waals surface area (Å²) in [5.41, 5.74) is 2.84. The maximum Gasteiger partial charge on any atom is 0.418 e. The third-order valence-corrected chi connectivity index (χ3v) is 5.98. The molecule has 0 saturated carbocycles. The molecule has 2 aromatic carbocycles. The summed E-state index contributed by atoms with van der Waals surface area (Å²) < 4.78 is 40.3. The van der Waals surface area contributed by atoms with Gasteiger partial charge in [-0.05, 0) is 60.6 Å². The minimum absolute atomic E-state index is 0.114. The Bertz CT molecular complexity index is 956. The van der Waals surface area contributed by atoms with E-state index >= 15 is 0 Å². The SMILES string of the molecule is O=C(NCc1ccc(C(F)(F)F)c(N2CCCC2)c1)Nc1cccc2c1C[C@H](O)CC2. The molecule has 0 aromatic heterocycles. The summed E-state index contributed by atoms with van der Waals surface area (Å²) in [7, 11) is 0. The molecule has 2 amide bonds. The van der Waals surface area contributed by atoms with Gasteiger partial charge in [0, 0.05) is 37.4 Å². The van der Waals surface area contributed by atoms with E-state index in [0.717, 1.165) is 36.5 Å². The van der Waals surface area contributed by atoms with Crippen LogP contribution in [0.4, 0.5) is 29.3 Å². The molecule has 0 bridgehead atoms. The molecule has 8 heteroatoms. The molecule has 0 spiro atoms. The number of aliphatic hydroxyl groups excluding tert-OH is 1. The van der Waals surface area contributed by atoms with Gasteiger partial charge in [-0.3, -0.25) is 0 Å². The third kappa shape index (κ3) is 4.95. The summed E-state index contributed by atoms with van der Waals surface area (Å²) >= 11 is 0. The molecule has 1 saturated heterocycles. The van der Waals surface area contributed by atoms with Crippen molar-refractivity contribution < 1.29 is 23.1 Å². The van der Waals surface area contributed by atoms with E-state index in [1.165, 1.54) is 12.1 Å². The summed E-state index contributed by atoms with van der Waals surface area (Å²) in [5.74, 6) is 0. The lowest BCUT2D eigenvalue weighted by Crippen LogP contribution is -2.30. The van der Waals surface area contributed by atoms with Crippen molar-refractivity contribution in [2.75, 3.05) is 23.3 Å². The number of aryl methyl sites for hydroxylation is 1. The molecular weight excluding hydrogens is 407 g/mol. The number of hydrogen-bond donors (Lipinski definition) is 3. The van der Waals surface area contributed by atoms with E-state index in [4.69, 9.17) is 0 Å². The van der Waals surface area contributed by atoms with Crippen LogP contribution in [0.2, 0.25) is 0 Å². The van der Waals surface area contributed by atoms with Gasteiger partial charge in [0.15, 0.2) is 0 Å². The van der Waals surface area contributed by atoms with Crippen LogP contribution in [-0.2, 0) is 25.6 Å². The highest BCUT2D eigenvalue weighted by Gasteiger charge is 2.35. The first-order chi connectivity index (χ1) is 14.8. The topological polar surface area (TPSA) is 64.6 Å². The minimum atomic E-state index is -4.42. The van der Waals surface area contributed by atoms with Gasteiger partial charge in [0.05, 0.1) is 11.7 Å². The summed E-state index contributed by atoms with van der Waals surface area (Å²) in [5, 5.41) is 15.5. The van der Waals surface area contributed by atoms with Crippen LogP contribution in [0.1, 0.15) is 41.5 Å². The van der Waals surface area contributed by atoms with Crippen molar-refractivity contribution in [2.24, 2.45) is 0 Å². The van der Waals surface area contributed by atoms with E-state index < -0.39 is 23.9 Å². The Morgan fingerprint density at radius 3 is 2.68 bits per heavy atom. The van der Waals surface area contributed by atoms with Crippen molar-refractivity contribution in [1.29, 1.82) is 0 Å². The van der Waals surface area contributed by atoms with E-state index in [2.05, 4.69) is 10.6 Å². The Labute approximate surface area is 179 Å². The lowest BCUT2D eigenvalue weighted by Gasteiger charge is -2.24. The number of hydrogen-bond acceptors (Lipinski definition) is 3. The summed E-state index contributed by atoms with van der Waals surface area (Å²) in [4.78, 5) is 14.2. The van der Waals surface area contributed by atoms with E-state index in [1.807, 2.05) is 12.1 Å². The number of carbonyl (C=O) groups is 1. The van der Waals surface area contributed by atoms with Gasteiger partial charge in [0.2, 0.25) is 0 Å². The fraction of sp³-hybridized carbons (Fsp3) is 0.435. The van der Waals surface area contributed by atoms with Crippen molar-refractivity contribution in [3.8, 4) is 0 Å². The number of amides is 2. The van der Waals surface area contributed by atoms with Gasteiger partial charge in [-0.15, -0.1) is 0 Å². The predicted molar refractivity (Wildman–Crippen MR) is 113 cm³/mol. The van der Waals surface area contributed by atoms with Gasteiger partial charge in [0.1, 0.15) is 0 Å². The fourth-order valence-corrected chi connectivity index (χ4v) is 4.38. The first-order valence-electron chi connectivity index (χ1n) is 10.6. The average molecular weight is 433 g/mol. The number of anilines is 2. The number of aliphatic hydroxyl groups is 1. The Balaban J connectivity index is 1.45. The zero-order chi connectivity index (χ0) is 22.0. The van der Waals surface area contributed by atoms with Gasteiger partial charge in [-0.25, -0.2) is 4.79 Å². The van der Waals surface area contributed by atoms with Crippen molar-refractivity contribution in [3.63, 3.8) is 0 Å². The maximum atomic E-state index is 13.4. The van der Waals surface area contributed by atoms with Crippen LogP contribution >= 0.6 is 0 Å². The Morgan fingerprint density at radius 2 is 1.94 bits per heavy atom. The highest BCUT2D eigenvalue weighted by Crippen LogP contribution is 2.38. The van der Waals surface area contributed by atoms with Gasteiger partial charge in [-0.2, -0.15) is 13.2 Å². The average Bonchev–Trinajstić information content (AvgIpc) is 3.27. The summed E-state index contributed by atoms with van der Waals surface area (Å²) in [6.45, 7) is 1.32. The van der Waals surface area contributed by atoms with Crippen molar-refractivity contribution >= 4 is 17.4 Å². The molecule has 2 aromatic rings. The van der Waals surface area contributed by atoms with Crippen LogP contribution in [0.25, 0.3) is 0 Å². The first kappa shape index (κ1) is 21.5. The van der Waals surface area contributed by atoms with Crippen molar-refractivity contribution in [3.05, 3.63) is 58.7 Å². The normalized spacial score (nSPS) is 18.6. The predicted octanol–water partition coefficient (Wildman–Crippen LogP) is 4.48. The molecule has 5 nitrogen and oxygen atoms in total. The molecule has 166 valence electrons. The van der Waals surface area contributed by atoms with Gasteiger partial charge < -0.3 is 20.6 Å². The Morgan fingerprint density at radius 1 is 1.16 bits per heavy atom. The number of nitrogens with one attached hydrogen (secondary N) is 2. The molecule has 3 N–H and O–H groups in total. The van der Waals surface area contributed by atoms with Crippen LogP contribution in [0.3, 0.4) is 0 Å². The number of halogens is 3. The van der Waals surface area contributed by atoms with E-state index in [0.29, 0.717) is 37.2 Å². The van der Waals surface area contributed by atoms with Crippen LogP contribution in [-0.4, -0.2) is 30.3 Å². The Hall–Kier alpha value is -2.74. The molecule has 4 rings (SSSR count). The molecule has 1 aliphatic carbocycles. The van der Waals surface area contributed by atoms with Crippen LogP contribution in [0, 0.1) is 0 Å². The second-order valence-electron chi connectivity index (χ2n) is 8.19. The van der Waals surface area contributed by atoms with Crippen molar-refractivity contribution in [2.45, 2.75) is 50.9 Å². The minimum Gasteiger partial charge on any atom is -0.393 e. The molecule has 1 aliphatic heterocycles. The number of urea groups is 1. The molecule has 2 aliphatic rings. The molecule has 1 atom stereocenters. The van der Waals surface area contributed by atoms with E-state index in [9.17, 15) is 23.1 Å². The van der Waals surface area contributed by atoms with Gasteiger partial charge in [0.25, 0.3) is 0 Å². The van der Waals surface area contributed by atoms with Gasteiger partial charge >= 0.3 is 12.2 Å². The molecular formula is C23H26F3N3O2. The number of rotatable bonds is 4. The zero-order valence-electron chi connectivity index (χ0n) is 17.1. The van der Waals surface area contributed by atoms with Gasteiger partial charge in [-0.1, -0.05) is 18.2 Å². The van der Waals surface area contributed by atoms with Crippen LogP contribution in [0.5, 0.6) is 0 Å². The molecule has 31 heavy (non-hydrogen) atoms. The van der Waals surface area contributed by atoms with E-state index in [-0.39, 0.29) is 12.2 Å². The highest BCUT2D eigenvalue weighted by atomic mass is 19.4. The monoisotopic (exact) mass is 433 g/mol. The smallest absolute Gasteiger partial charge is 0.393 e. The molecule has 0 unspecified atom stereocenters. The molecule has 0 radical (unpaired) electrons. The highest BCUT2D eigenvalue weighted by molar-refractivity contribution is 5.90. The van der Waals surface area contributed by atoms with Crippen molar-refractivity contribution in [1.82, 2.24) is 5.32 Å². The standard InChI is InChI=1S/C23H26F3N3O2/c24-23(25,26)19-9-6-15(12-21(19)29-10-1-2-11-29)14-27-22(31)28-20-5-3-4-16-7-8-17(30)13-18(16)20/h3-6,9,12,17,30H,1-2,7-8,10-11,13-14H2,(H2,27,28,31)/t17-/m1/s1. The maximum absolute atomic E-state index is 13.4. The lowest BCUT2D eigenvalue weighted by molar-refractivity contribution is -0.137. The second kappa shape index (κ2) is 8.78. The number of nitrogens with zero attached hydrogens (tertiary/aromatic N) is 1. The largest absolute Gasteiger partial charge is 0.418 e. The zero-order valence-corrected chi connectivity index (χ0v) is 17.1. The molecule has 1 heterocycles. The number of benzene rings is 2. The number of fused-ring (bicyclic) bond motifs is 1. The quantitative estimate of drug-likeness (QED) is 0.666. The summed E-state index contributed by atoms with van der Waals surface area (Å²) in [6.07, 6.45) is -1.14. The first-order valence-corrected chi connectivity index (χ1v) is 10.6. The number of carbonyl (C=O) groups excluding carboxylic acids is 1. The number of alkyl halides is 3. The van der Waals surface area contributed by atoms with E-state index in [1.54, 1.807) is 11.0 Å². The molecule has 1 fully saturated rings. The van der Waals surface area contributed by atoms with Crippen LogP contribution in [0.15, 0.2) is 36.4 Å². The Kier molecular flexibility index (Phi) is 6.09. The second-order valence-corrected chi connectivity index (χ2v) is 8.19. The fourth-order valence-electron chi connectivity index (χ4n) is 4.38. The van der Waals surface area contributed by atoms with Crippen LogP contribution < -0.4 is 15.5 Å². The summed E-state index contributed by atoms with van der Waals surface area (Å²) in [6, 6.07) is 9.24.